The molecule has 0 aliphatic carbocycles. The van der Waals surface area contributed by atoms with Crippen molar-refractivity contribution in [1.29, 1.82) is 0 Å². The van der Waals surface area contributed by atoms with Gasteiger partial charge in [0.2, 0.25) is 0 Å². The standard InChI is InChI=1S/C15H16FIN2OS/c1-9(2)7-12-14(17)15(20)19-13(18-12)8-21-11-5-3-10(16)4-6-11/h3-6,9H,7-8H2,1-2H3,(H,18,19,20). The lowest BCUT2D eigenvalue weighted by Gasteiger charge is -2.08. The van der Waals surface area contributed by atoms with E-state index in [-0.39, 0.29) is 11.4 Å². The molecule has 21 heavy (non-hydrogen) atoms. The van der Waals surface area contributed by atoms with Gasteiger partial charge < -0.3 is 4.98 Å². The van der Waals surface area contributed by atoms with E-state index in [1.54, 1.807) is 12.1 Å². The van der Waals surface area contributed by atoms with Gasteiger partial charge >= 0.3 is 0 Å². The number of thioether (sulfide) groups is 1. The predicted octanol–water partition coefficient (Wildman–Crippen LogP) is 4.00. The van der Waals surface area contributed by atoms with Gasteiger partial charge in [-0.3, -0.25) is 4.79 Å². The Morgan fingerprint density at radius 3 is 2.62 bits per heavy atom. The molecule has 0 atom stereocenters. The number of hydrogen-bond acceptors (Lipinski definition) is 3. The monoisotopic (exact) mass is 418 g/mol. The molecule has 3 nitrogen and oxygen atoms in total. The highest BCUT2D eigenvalue weighted by molar-refractivity contribution is 14.1. The van der Waals surface area contributed by atoms with Crippen LogP contribution in [-0.4, -0.2) is 9.97 Å². The molecule has 1 N–H and O–H groups in total. The molecule has 1 aromatic heterocycles. The molecule has 6 heteroatoms. The quantitative estimate of drug-likeness (QED) is 0.590. The summed E-state index contributed by atoms with van der Waals surface area (Å²) >= 11 is 3.57. The zero-order valence-corrected chi connectivity index (χ0v) is 14.8. The second kappa shape index (κ2) is 7.40. The maximum Gasteiger partial charge on any atom is 0.264 e. The maximum atomic E-state index is 12.9. The van der Waals surface area contributed by atoms with E-state index >= 15 is 0 Å². The molecule has 0 bridgehead atoms. The van der Waals surface area contributed by atoms with E-state index in [1.807, 2.05) is 22.6 Å². The largest absolute Gasteiger partial charge is 0.309 e. The third-order valence-corrected chi connectivity index (χ3v) is 4.91. The van der Waals surface area contributed by atoms with Crippen molar-refractivity contribution in [2.24, 2.45) is 5.92 Å². The van der Waals surface area contributed by atoms with Crippen molar-refractivity contribution in [3.8, 4) is 0 Å². The number of benzene rings is 1. The van der Waals surface area contributed by atoms with Crippen LogP contribution in [-0.2, 0) is 12.2 Å². The van der Waals surface area contributed by atoms with E-state index < -0.39 is 0 Å². The highest BCUT2D eigenvalue weighted by Gasteiger charge is 2.10. The molecule has 0 fully saturated rings. The summed E-state index contributed by atoms with van der Waals surface area (Å²) in [7, 11) is 0. The van der Waals surface area contributed by atoms with Crippen molar-refractivity contribution in [1.82, 2.24) is 9.97 Å². The number of aromatic nitrogens is 2. The lowest BCUT2D eigenvalue weighted by Crippen LogP contribution is -2.18. The Balaban J connectivity index is 2.14. The van der Waals surface area contributed by atoms with Gasteiger partial charge in [-0.15, -0.1) is 11.8 Å². The molecular weight excluding hydrogens is 402 g/mol. The van der Waals surface area contributed by atoms with Crippen LogP contribution in [0.2, 0.25) is 0 Å². The lowest BCUT2D eigenvalue weighted by molar-refractivity contribution is 0.626. The molecule has 0 aliphatic heterocycles. The zero-order valence-electron chi connectivity index (χ0n) is 11.8. The molecule has 112 valence electrons. The summed E-state index contributed by atoms with van der Waals surface area (Å²) in [5.41, 5.74) is 0.764. The highest BCUT2D eigenvalue weighted by atomic mass is 127. The van der Waals surface area contributed by atoms with Crippen LogP contribution in [0.4, 0.5) is 4.39 Å². The minimum absolute atomic E-state index is 0.0871. The Morgan fingerprint density at radius 2 is 2.00 bits per heavy atom. The fourth-order valence-corrected chi connectivity index (χ4v) is 3.07. The van der Waals surface area contributed by atoms with Crippen molar-refractivity contribution in [2.45, 2.75) is 30.9 Å². The Bertz CT molecular complexity index is 670. The number of halogens is 2. The first-order chi connectivity index (χ1) is 9.95. The summed E-state index contributed by atoms with van der Waals surface area (Å²) in [6.07, 6.45) is 0.788. The van der Waals surface area contributed by atoms with Crippen LogP contribution in [0.15, 0.2) is 34.0 Å². The molecule has 2 aromatic rings. The van der Waals surface area contributed by atoms with Crippen LogP contribution in [0.25, 0.3) is 0 Å². The third kappa shape index (κ3) is 4.81. The highest BCUT2D eigenvalue weighted by Crippen LogP contribution is 2.21. The van der Waals surface area contributed by atoms with E-state index in [4.69, 9.17) is 0 Å². The van der Waals surface area contributed by atoms with Crippen molar-refractivity contribution >= 4 is 34.4 Å². The summed E-state index contributed by atoms with van der Waals surface area (Å²) in [5, 5.41) is 0. The van der Waals surface area contributed by atoms with E-state index in [2.05, 4.69) is 23.8 Å². The zero-order chi connectivity index (χ0) is 15.4. The van der Waals surface area contributed by atoms with E-state index in [1.165, 1.54) is 23.9 Å². The third-order valence-electron chi connectivity index (χ3n) is 2.77. The minimum atomic E-state index is -0.251. The molecule has 0 amide bonds. The summed E-state index contributed by atoms with van der Waals surface area (Å²) < 4.78 is 13.5. The number of nitrogens with one attached hydrogen (secondary N) is 1. The molecule has 0 aliphatic rings. The van der Waals surface area contributed by atoms with Gasteiger partial charge in [-0.05, 0) is 59.2 Å². The first-order valence-electron chi connectivity index (χ1n) is 6.61. The van der Waals surface area contributed by atoms with E-state index in [9.17, 15) is 9.18 Å². The average Bonchev–Trinajstić information content (AvgIpc) is 2.43. The summed E-state index contributed by atoms with van der Waals surface area (Å²) in [4.78, 5) is 20.2. The smallest absolute Gasteiger partial charge is 0.264 e. The second-order valence-electron chi connectivity index (χ2n) is 5.11. The number of H-pyrrole nitrogens is 1. The van der Waals surface area contributed by atoms with Crippen LogP contribution >= 0.6 is 34.4 Å². The molecule has 0 radical (unpaired) electrons. The Labute approximate surface area is 140 Å². The second-order valence-corrected chi connectivity index (χ2v) is 7.24. The Morgan fingerprint density at radius 1 is 1.33 bits per heavy atom. The Hall–Kier alpha value is -0.890. The lowest BCUT2D eigenvalue weighted by atomic mass is 10.1. The molecule has 2 rings (SSSR count). The van der Waals surface area contributed by atoms with Crippen LogP contribution in [0.3, 0.4) is 0 Å². The molecule has 0 spiro atoms. The molecule has 1 heterocycles. The summed E-state index contributed by atoms with van der Waals surface area (Å²) in [6.45, 7) is 4.21. The van der Waals surface area contributed by atoms with Crippen LogP contribution in [0.5, 0.6) is 0 Å². The van der Waals surface area contributed by atoms with Gasteiger partial charge in [-0.25, -0.2) is 9.37 Å². The van der Waals surface area contributed by atoms with Crippen molar-refractivity contribution in [2.75, 3.05) is 0 Å². The Kier molecular flexibility index (Phi) is 5.80. The van der Waals surface area contributed by atoms with E-state index in [0.29, 0.717) is 21.1 Å². The van der Waals surface area contributed by atoms with Gasteiger partial charge in [0.1, 0.15) is 11.6 Å². The molecular formula is C15H16FIN2OS. The fourth-order valence-electron chi connectivity index (χ4n) is 1.83. The number of hydrogen-bond donors (Lipinski definition) is 1. The fraction of sp³-hybridized carbons (Fsp3) is 0.333. The molecule has 1 aromatic carbocycles. The van der Waals surface area contributed by atoms with Crippen molar-refractivity contribution in [3.05, 3.63) is 55.5 Å². The normalized spacial score (nSPS) is 11.1. The van der Waals surface area contributed by atoms with E-state index in [0.717, 1.165) is 17.0 Å². The van der Waals surface area contributed by atoms with Gasteiger partial charge in [0.15, 0.2) is 0 Å². The van der Waals surface area contributed by atoms with Crippen LogP contribution in [0, 0.1) is 15.3 Å². The predicted molar refractivity (Wildman–Crippen MR) is 92.1 cm³/mol. The van der Waals surface area contributed by atoms with Gasteiger partial charge in [0, 0.05) is 4.90 Å². The molecule has 0 unspecified atom stereocenters. The summed E-state index contributed by atoms with van der Waals surface area (Å²) in [6, 6.07) is 6.30. The van der Waals surface area contributed by atoms with Gasteiger partial charge in [-0.2, -0.15) is 0 Å². The van der Waals surface area contributed by atoms with Crippen LogP contribution in [0.1, 0.15) is 25.4 Å². The van der Waals surface area contributed by atoms with Crippen molar-refractivity contribution in [3.63, 3.8) is 0 Å². The molecule has 0 saturated heterocycles. The number of nitrogens with zero attached hydrogens (tertiary/aromatic N) is 1. The number of rotatable bonds is 5. The van der Waals surface area contributed by atoms with Gasteiger partial charge in [0.25, 0.3) is 5.56 Å². The topological polar surface area (TPSA) is 45.8 Å². The van der Waals surface area contributed by atoms with Gasteiger partial charge in [-0.1, -0.05) is 13.8 Å². The first-order valence-corrected chi connectivity index (χ1v) is 8.68. The summed E-state index contributed by atoms with van der Waals surface area (Å²) in [5.74, 6) is 1.42. The maximum absolute atomic E-state index is 12.9. The SMILES string of the molecule is CC(C)Cc1nc(CSc2ccc(F)cc2)[nH]c(=O)c1I. The van der Waals surface area contributed by atoms with Crippen LogP contribution < -0.4 is 5.56 Å². The average molecular weight is 418 g/mol. The molecule has 0 saturated carbocycles. The first kappa shape index (κ1) is 16.5. The van der Waals surface area contributed by atoms with Crippen molar-refractivity contribution < 1.29 is 4.39 Å². The number of aromatic amines is 1. The minimum Gasteiger partial charge on any atom is -0.309 e. The van der Waals surface area contributed by atoms with Gasteiger partial charge in [0.05, 0.1) is 15.0 Å².